The number of pyridine rings is 2. The van der Waals surface area contributed by atoms with E-state index in [0.717, 1.165) is 0 Å². The Labute approximate surface area is 154 Å². The number of nitrogens with one attached hydrogen (secondary N) is 1. The zero-order valence-electron chi connectivity index (χ0n) is 14.1. The molecule has 9 heteroatoms. The molecule has 0 bridgehead atoms. The number of carbonyl (C=O) groups is 3. The van der Waals surface area contributed by atoms with Crippen LogP contribution in [0.5, 0.6) is 0 Å². The highest BCUT2D eigenvalue weighted by Crippen LogP contribution is 2.09. The van der Waals surface area contributed by atoms with Crippen molar-refractivity contribution in [3.63, 3.8) is 0 Å². The molecule has 0 aromatic carbocycles. The minimum absolute atomic E-state index is 0.0824. The van der Waals surface area contributed by atoms with Gasteiger partial charge in [-0.25, -0.2) is 9.67 Å². The normalized spacial score (nSPS) is 11.6. The van der Waals surface area contributed by atoms with Crippen molar-refractivity contribution in [2.24, 2.45) is 5.73 Å². The zero-order valence-corrected chi connectivity index (χ0v) is 14.1. The van der Waals surface area contributed by atoms with Crippen LogP contribution in [-0.4, -0.2) is 43.4 Å². The fraction of sp³-hybridized carbons (Fsp3) is 0.111. The van der Waals surface area contributed by atoms with Gasteiger partial charge in [0.2, 0.25) is 5.78 Å². The van der Waals surface area contributed by atoms with Crippen LogP contribution in [0.2, 0.25) is 0 Å². The quantitative estimate of drug-likeness (QED) is 0.570. The van der Waals surface area contributed by atoms with Gasteiger partial charge in [0.15, 0.2) is 5.82 Å². The molecule has 3 rings (SSSR count). The van der Waals surface area contributed by atoms with E-state index in [1.165, 1.54) is 16.9 Å². The first-order valence-electron chi connectivity index (χ1n) is 8.05. The first-order valence-corrected chi connectivity index (χ1v) is 8.05. The third-order valence-corrected chi connectivity index (χ3v) is 3.77. The summed E-state index contributed by atoms with van der Waals surface area (Å²) in [7, 11) is 0. The van der Waals surface area contributed by atoms with E-state index in [4.69, 9.17) is 5.73 Å². The smallest absolute Gasteiger partial charge is 0.287 e. The standard InChI is InChI=1S/C18H16N6O3/c19-17(26)16(25)13(10-12-4-3-7-20-11-12)23-18(27)14-6-9-22-24(14)15-5-1-2-8-21-15/h1-9,11,13H,10H2,(H2,19,26)(H,23,27). The minimum Gasteiger partial charge on any atom is -0.363 e. The average molecular weight is 364 g/mol. The van der Waals surface area contributed by atoms with E-state index in [1.807, 2.05) is 0 Å². The average Bonchev–Trinajstić information content (AvgIpc) is 3.18. The van der Waals surface area contributed by atoms with E-state index < -0.39 is 23.6 Å². The van der Waals surface area contributed by atoms with Gasteiger partial charge in [0.1, 0.15) is 11.7 Å². The van der Waals surface area contributed by atoms with Crippen LogP contribution in [0, 0.1) is 0 Å². The number of aromatic nitrogens is 4. The Morgan fingerprint density at radius 3 is 2.59 bits per heavy atom. The number of rotatable bonds is 7. The second kappa shape index (κ2) is 8.00. The molecule has 3 N–H and O–H groups in total. The van der Waals surface area contributed by atoms with E-state index in [-0.39, 0.29) is 12.1 Å². The molecule has 0 fully saturated rings. The topological polar surface area (TPSA) is 133 Å². The molecule has 0 saturated carbocycles. The summed E-state index contributed by atoms with van der Waals surface area (Å²) in [4.78, 5) is 44.3. The van der Waals surface area contributed by atoms with E-state index in [0.29, 0.717) is 11.4 Å². The van der Waals surface area contributed by atoms with E-state index in [9.17, 15) is 14.4 Å². The Bertz CT molecular complexity index is 955. The fourth-order valence-corrected chi connectivity index (χ4v) is 2.50. The summed E-state index contributed by atoms with van der Waals surface area (Å²) < 4.78 is 1.34. The van der Waals surface area contributed by atoms with Gasteiger partial charge in [-0.1, -0.05) is 12.1 Å². The van der Waals surface area contributed by atoms with Crippen molar-refractivity contribution in [2.75, 3.05) is 0 Å². The lowest BCUT2D eigenvalue weighted by Gasteiger charge is -2.16. The molecule has 1 unspecified atom stereocenters. The Balaban J connectivity index is 1.84. The van der Waals surface area contributed by atoms with Crippen LogP contribution < -0.4 is 11.1 Å². The Kier molecular flexibility index (Phi) is 5.31. The summed E-state index contributed by atoms with van der Waals surface area (Å²) in [5, 5.41) is 6.64. The summed E-state index contributed by atoms with van der Waals surface area (Å²) in [6.45, 7) is 0. The summed E-state index contributed by atoms with van der Waals surface area (Å²) in [6, 6.07) is 8.98. The van der Waals surface area contributed by atoms with Crippen molar-refractivity contribution in [3.8, 4) is 5.82 Å². The van der Waals surface area contributed by atoms with Gasteiger partial charge in [0, 0.05) is 25.0 Å². The first-order chi connectivity index (χ1) is 13.1. The van der Waals surface area contributed by atoms with Gasteiger partial charge in [0.25, 0.3) is 11.8 Å². The summed E-state index contributed by atoms with van der Waals surface area (Å²) >= 11 is 0. The second-order valence-electron chi connectivity index (χ2n) is 5.64. The largest absolute Gasteiger partial charge is 0.363 e. The molecular formula is C18H16N6O3. The highest BCUT2D eigenvalue weighted by Gasteiger charge is 2.27. The molecule has 0 spiro atoms. The van der Waals surface area contributed by atoms with Gasteiger partial charge < -0.3 is 11.1 Å². The fourth-order valence-electron chi connectivity index (χ4n) is 2.50. The molecular weight excluding hydrogens is 348 g/mol. The Hall–Kier alpha value is -3.88. The molecule has 3 aromatic heterocycles. The maximum Gasteiger partial charge on any atom is 0.287 e. The maximum absolute atomic E-state index is 12.7. The number of nitrogens with two attached hydrogens (primary N) is 1. The molecule has 3 heterocycles. The molecule has 136 valence electrons. The molecule has 1 atom stereocenters. The van der Waals surface area contributed by atoms with E-state index in [2.05, 4.69) is 20.4 Å². The third-order valence-electron chi connectivity index (χ3n) is 3.77. The molecule has 0 aliphatic rings. The summed E-state index contributed by atoms with van der Waals surface area (Å²) in [6.07, 6.45) is 6.22. The highest BCUT2D eigenvalue weighted by molar-refractivity contribution is 6.38. The van der Waals surface area contributed by atoms with Gasteiger partial charge in [-0.2, -0.15) is 5.10 Å². The van der Waals surface area contributed by atoms with Gasteiger partial charge >= 0.3 is 0 Å². The van der Waals surface area contributed by atoms with Crippen molar-refractivity contribution in [1.82, 2.24) is 25.1 Å². The zero-order chi connectivity index (χ0) is 19.2. The predicted octanol–water partition coefficient (Wildman–Crippen LogP) is 0.0578. The van der Waals surface area contributed by atoms with Crippen LogP contribution in [0.3, 0.4) is 0 Å². The maximum atomic E-state index is 12.7. The van der Waals surface area contributed by atoms with Crippen molar-refractivity contribution in [1.29, 1.82) is 0 Å². The number of Topliss-reactive ketones (excluding diaryl/α,β-unsaturated/α-hetero) is 1. The summed E-state index contributed by atoms with van der Waals surface area (Å²) in [5.41, 5.74) is 5.97. The number of carbonyl (C=O) groups excluding carboxylic acids is 3. The van der Waals surface area contributed by atoms with Crippen LogP contribution in [0.1, 0.15) is 16.1 Å². The van der Waals surface area contributed by atoms with Gasteiger partial charge in [-0.15, -0.1) is 0 Å². The molecule has 3 aromatic rings. The highest BCUT2D eigenvalue weighted by atomic mass is 16.2. The molecule has 0 radical (unpaired) electrons. The SMILES string of the molecule is NC(=O)C(=O)C(Cc1cccnc1)NC(=O)c1ccnn1-c1ccccn1. The van der Waals surface area contributed by atoms with Gasteiger partial charge in [0.05, 0.1) is 6.20 Å². The van der Waals surface area contributed by atoms with E-state index >= 15 is 0 Å². The molecule has 0 saturated heterocycles. The van der Waals surface area contributed by atoms with Gasteiger partial charge in [-0.3, -0.25) is 19.4 Å². The Morgan fingerprint density at radius 2 is 1.93 bits per heavy atom. The van der Waals surface area contributed by atoms with Crippen molar-refractivity contribution >= 4 is 17.6 Å². The third kappa shape index (κ3) is 4.21. The monoisotopic (exact) mass is 364 g/mol. The Morgan fingerprint density at radius 1 is 1.07 bits per heavy atom. The van der Waals surface area contributed by atoms with E-state index in [1.54, 1.807) is 48.9 Å². The lowest BCUT2D eigenvalue weighted by molar-refractivity contribution is -0.137. The molecule has 2 amide bonds. The molecule has 27 heavy (non-hydrogen) atoms. The van der Waals surface area contributed by atoms with Crippen molar-refractivity contribution in [3.05, 3.63) is 72.4 Å². The van der Waals surface area contributed by atoms with Crippen LogP contribution in [0.15, 0.2) is 61.2 Å². The number of nitrogens with zero attached hydrogens (tertiary/aromatic N) is 4. The molecule has 9 nitrogen and oxygen atoms in total. The second-order valence-corrected chi connectivity index (χ2v) is 5.64. The number of ketones is 1. The first kappa shape index (κ1) is 17.9. The van der Waals surface area contributed by atoms with Crippen molar-refractivity contribution < 1.29 is 14.4 Å². The number of amides is 2. The number of primary amides is 1. The van der Waals surface area contributed by atoms with Crippen LogP contribution in [0.4, 0.5) is 0 Å². The van der Waals surface area contributed by atoms with Crippen LogP contribution >= 0.6 is 0 Å². The van der Waals surface area contributed by atoms with Crippen molar-refractivity contribution in [2.45, 2.75) is 12.5 Å². The lowest BCUT2D eigenvalue weighted by atomic mass is 10.0. The minimum atomic E-state index is -1.12. The summed E-state index contributed by atoms with van der Waals surface area (Å²) in [5.74, 6) is -2.15. The molecule has 0 aliphatic heterocycles. The van der Waals surface area contributed by atoms with Crippen LogP contribution in [0.25, 0.3) is 5.82 Å². The van der Waals surface area contributed by atoms with Gasteiger partial charge in [-0.05, 0) is 29.8 Å². The number of hydrogen-bond donors (Lipinski definition) is 2. The van der Waals surface area contributed by atoms with Crippen LogP contribution in [-0.2, 0) is 16.0 Å². The lowest BCUT2D eigenvalue weighted by Crippen LogP contribution is -2.47. The number of hydrogen-bond acceptors (Lipinski definition) is 6. The predicted molar refractivity (Wildman–Crippen MR) is 94.8 cm³/mol. The molecule has 0 aliphatic carbocycles.